The zero-order valence-electron chi connectivity index (χ0n) is 14.7. The summed E-state index contributed by atoms with van der Waals surface area (Å²) in [7, 11) is 1.65. The number of methoxy groups -OCH3 is 1. The fourth-order valence-corrected chi connectivity index (χ4v) is 3.28. The third kappa shape index (κ3) is 4.40. The highest BCUT2D eigenvalue weighted by Gasteiger charge is 2.44. The number of amides is 1. The number of rotatable bonds is 7. The van der Waals surface area contributed by atoms with Gasteiger partial charge in [-0.3, -0.25) is 4.79 Å². The Morgan fingerprint density at radius 3 is 2.72 bits per heavy atom. The number of nitrogens with one attached hydrogen (secondary N) is 1. The molecule has 4 atom stereocenters. The second-order valence-electron chi connectivity index (χ2n) is 6.80. The van der Waals surface area contributed by atoms with Gasteiger partial charge in [0.1, 0.15) is 5.75 Å². The smallest absolute Gasteiger partial charge is 0.223 e. The van der Waals surface area contributed by atoms with Crippen molar-refractivity contribution in [2.45, 2.75) is 37.8 Å². The van der Waals surface area contributed by atoms with Crippen LogP contribution in [0.5, 0.6) is 5.75 Å². The predicted octanol–water partition coefficient (Wildman–Crippen LogP) is 3.43. The van der Waals surface area contributed by atoms with Gasteiger partial charge in [0.15, 0.2) is 0 Å². The summed E-state index contributed by atoms with van der Waals surface area (Å²) >= 11 is 0. The zero-order chi connectivity index (χ0) is 17.8. The molecule has 2 aromatic carbocycles. The molecule has 2 aromatic rings. The molecule has 0 spiro atoms. The Hall–Kier alpha value is -2.33. The van der Waals surface area contributed by atoms with Gasteiger partial charge in [0.2, 0.25) is 5.91 Å². The van der Waals surface area contributed by atoms with Crippen molar-refractivity contribution in [2.24, 2.45) is 5.92 Å². The number of aliphatic hydroxyl groups is 1. The quantitative estimate of drug-likeness (QED) is 0.812. The third-order valence-electron chi connectivity index (χ3n) is 4.80. The maximum atomic E-state index is 12.4. The van der Waals surface area contributed by atoms with Crippen molar-refractivity contribution in [1.82, 2.24) is 5.32 Å². The van der Waals surface area contributed by atoms with E-state index in [1.807, 2.05) is 61.5 Å². The number of aliphatic hydroxyl groups excluding tert-OH is 1. The van der Waals surface area contributed by atoms with Gasteiger partial charge in [-0.25, -0.2) is 0 Å². The van der Waals surface area contributed by atoms with Gasteiger partial charge in [-0.15, -0.1) is 0 Å². The molecule has 4 heteroatoms. The van der Waals surface area contributed by atoms with Crippen LogP contribution in [0.1, 0.15) is 42.9 Å². The summed E-state index contributed by atoms with van der Waals surface area (Å²) in [4.78, 5) is 12.4. The van der Waals surface area contributed by atoms with Gasteiger partial charge in [-0.05, 0) is 48.9 Å². The number of hydrogen-bond donors (Lipinski definition) is 2. The van der Waals surface area contributed by atoms with E-state index in [0.29, 0.717) is 6.42 Å². The average Bonchev–Trinajstić information content (AvgIpc) is 3.43. The molecule has 3 rings (SSSR count). The maximum absolute atomic E-state index is 12.4. The van der Waals surface area contributed by atoms with Crippen molar-refractivity contribution in [3.05, 3.63) is 65.7 Å². The molecule has 0 saturated heterocycles. The highest BCUT2D eigenvalue weighted by Crippen LogP contribution is 2.48. The summed E-state index contributed by atoms with van der Waals surface area (Å²) < 4.78 is 5.25. The van der Waals surface area contributed by atoms with Crippen molar-refractivity contribution in [1.29, 1.82) is 0 Å². The van der Waals surface area contributed by atoms with Crippen LogP contribution in [-0.4, -0.2) is 24.2 Å². The van der Waals surface area contributed by atoms with E-state index in [0.717, 1.165) is 23.3 Å². The molecule has 4 unspecified atom stereocenters. The molecule has 132 valence electrons. The standard InChI is InChI=1S/C21H25NO3/c1-14(11-20(23)15-7-4-3-5-8-15)22-21(24)19-13-18(19)16-9-6-10-17(12-16)25-2/h3-10,12,14,18-20,23H,11,13H2,1-2H3,(H,22,24). The minimum absolute atomic E-state index is 0.0171. The Morgan fingerprint density at radius 2 is 2.00 bits per heavy atom. The molecular formula is C21H25NO3. The first-order valence-electron chi connectivity index (χ1n) is 8.76. The topological polar surface area (TPSA) is 58.6 Å². The summed E-state index contributed by atoms with van der Waals surface area (Å²) in [6.07, 6.45) is 0.809. The predicted molar refractivity (Wildman–Crippen MR) is 97.5 cm³/mol. The molecule has 1 fully saturated rings. The van der Waals surface area contributed by atoms with Gasteiger partial charge in [0, 0.05) is 12.0 Å². The van der Waals surface area contributed by atoms with Crippen LogP contribution < -0.4 is 10.1 Å². The van der Waals surface area contributed by atoms with Crippen LogP contribution in [0, 0.1) is 5.92 Å². The lowest BCUT2D eigenvalue weighted by atomic mass is 10.0. The van der Waals surface area contributed by atoms with E-state index in [-0.39, 0.29) is 23.8 Å². The van der Waals surface area contributed by atoms with Crippen LogP contribution in [0.25, 0.3) is 0 Å². The number of ether oxygens (including phenoxy) is 1. The van der Waals surface area contributed by atoms with Crippen LogP contribution in [0.3, 0.4) is 0 Å². The molecule has 1 amide bonds. The van der Waals surface area contributed by atoms with Crippen LogP contribution in [0.4, 0.5) is 0 Å². The first-order valence-corrected chi connectivity index (χ1v) is 8.76. The normalized spacial score (nSPS) is 21.2. The van der Waals surface area contributed by atoms with Gasteiger partial charge in [-0.2, -0.15) is 0 Å². The third-order valence-corrected chi connectivity index (χ3v) is 4.80. The zero-order valence-corrected chi connectivity index (χ0v) is 14.7. The molecule has 1 aliphatic rings. The van der Waals surface area contributed by atoms with Gasteiger partial charge in [0.25, 0.3) is 0 Å². The summed E-state index contributed by atoms with van der Waals surface area (Å²) in [5.41, 5.74) is 2.03. The number of carbonyl (C=O) groups excluding carboxylic acids is 1. The van der Waals surface area contributed by atoms with Gasteiger partial charge >= 0.3 is 0 Å². The van der Waals surface area contributed by atoms with E-state index in [9.17, 15) is 9.90 Å². The van der Waals surface area contributed by atoms with Crippen molar-refractivity contribution in [3.8, 4) is 5.75 Å². The lowest BCUT2D eigenvalue weighted by Gasteiger charge is -2.18. The van der Waals surface area contributed by atoms with E-state index in [1.54, 1.807) is 7.11 Å². The molecule has 0 aromatic heterocycles. The van der Waals surface area contributed by atoms with Gasteiger partial charge < -0.3 is 15.2 Å². The van der Waals surface area contributed by atoms with Crippen molar-refractivity contribution < 1.29 is 14.6 Å². The van der Waals surface area contributed by atoms with Gasteiger partial charge in [0.05, 0.1) is 13.2 Å². The minimum atomic E-state index is -0.565. The molecule has 0 heterocycles. The second kappa shape index (κ2) is 7.70. The molecule has 0 aliphatic heterocycles. The fraction of sp³-hybridized carbons (Fsp3) is 0.381. The first-order chi connectivity index (χ1) is 12.1. The van der Waals surface area contributed by atoms with Gasteiger partial charge in [-0.1, -0.05) is 42.5 Å². The van der Waals surface area contributed by atoms with E-state index < -0.39 is 6.10 Å². The Bertz CT molecular complexity index is 716. The summed E-state index contributed by atoms with van der Waals surface area (Å²) in [6, 6.07) is 17.4. The Kier molecular flexibility index (Phi) is 5.39. The summed E-state index contributed by atoms with van der Waals surface area (Å²) in [5, 5.41) is 13.3. The summed E-state index contributed by atoms with van der Waals surface area (Å²) in [5.74, 6) is 1.17. The molecule has 0 bridgehead atoms. The lowest BCUT2D eigenvalue weighted by Crippen LogP contribution is -2.35. The summed E-state index contributed by atoms with van der Waals surface area (Å²) in [6.45, 7) is 1.94. The Balaban J connectivity index is 1.51. The van der Waals surface area contributed by atoms with Crippen LogP contribution >= 0.6 is 0 Å². The van der Waals surface area contributed by atoms with E-state index in [2.05, 4.69) is 5.32 Å². The molecule has 0 radical (unpaired) electrons. The van der Waals surface area contributed by atoms with E-state index in [1.165, 1.54) is 0 Å². The molecule has 1 saturated carbocycles. The monoisotopic (exact) mass is 339 g/mol. The SMILES string of the molecule is COc1cccc(C2CC2C(=O)NC(C)CC(O)c2ccccc2)c1. The fourth-order valence-electron chi connectivity index (χ4n) is 3.28. The molecule has 1 aliphatic carbocycles. The second-order valence-corrected chi connectivity index (χ2v) is 6.80. The van der Waals surface area contributed by atoms with Crippen molar-refractivity contribution >= 4 is 5.91 Å². The minimum Gasteiger partial charge on any atom is -0.497 e. The molecule has 25 heavy (non-hydrogen) atoms. The molecule has 4 nitrogen and oxygen atoms in total. The van der Waals surface area contributed by atoms with Crippen LogP contribution in [0.15, 0.2) is 54.6 Å². The van der Waals surface area contributed by atoms with Crippen LogP contribution in [0.2, 0.25) is 0 Å². The first kappa shape index (κ1) is 17.5. The highest BCUT2D eigenvalue weighted by atomic mass is 16.5. The van der Waals surface area contributed by atoms with Crippen molar-refractivity contribution in [3.63, 3.8) is 0 Å². The highest BCUT2D eigenvalue weighted by molar-refractivity contribution is 5.83. The Morgan fingerprint density at radius 1 is 1.24 bits per heavy atom. The largest absolute Gasteiger partial charge is 0.497 e. The molecular weight excluding hydrogens is 314 g/mol. The molecule has 2 N–H and O–H groups in total. The van der Waals surface area contributed by atoms with E-state index >= 15 is 0 Å². The van der Waals surface area contributed by atoms with E-state index in [4.69, 9.17) is 4.74 Å². The number of carbonyl (C=O) groups is 1. The number of hydrogen-bond acceptors (Lipinski definition) is 3. The maximum Gasteiger partial charge on any atom is 0.223 e. The average molecular weight is 339 g/mol. The lowest BCUT2D eigenvalue weighted by molar-refractivity contribution is -0.123. The van der Waals surface area contributed by atoms with Crippen LogP contribution in [-0.2, 0) is 4.79 Å². The van der Waals surface area contributed by atoms with Crippen molar-refractivity contribution in [2.75, 3.05) is 7.11 Å². The number of benzene rings is 2. The Labute approximate surface area is 148 Å².